The Kier molecular flexibility index (Phi) is 4.88. The zero-order valence-electron chi connectivity index (χ0n) is 9.41. The van der Waals surface area contributed by atoms with Gasteiger partial charge in [0.15, 0.2) is 0 Å². The lowest BCUT2D eigenvalue weighted by Gasteiger charge is -2.09. The summed E-state index contributed by atoms with van der Waals surface area (Å²) in [5.41, 5.74) is 0. The Morgan fingerprint density at radius 3 is 2.65 bits per heavy atom. The Hall–Kier alpha value is -0.690. The van der Waals surface area contributed by atoms with Crippen molar-refractivity contribution < 1.29 is 17.6 Å². The zero-order chi connectivity index (χ0) is 13.1. The van der Waals surface area contributed by atoms with Gasteiger partial charge in [0.05, 0.1) is 16.5 Å². The molecule has 0 amide bonds. The van der Waals surface area contributed by atoms with Crippen molar-refractivity contribution in [3.63, 3.8) is 0 Å². The summed E-state index contributed by atoms with van der Waals surface area (Å²) in [7, 11) is -3.82. The monoisotopic (exact) mass is 281 g/mol. The second-order valence-corrected chi connectivity index (χ2v) is 5.92. The molecular formula is C10H13ClFNO3S. The SMILES string of the molecule is CC(C)CONS(=O)(=O)c1ccc(F)c(Cl)c1. The number of hydrogen-bond donors (Lipinski definition) is 1. The number of rotatable bonds is 5. The average Bonchev–Trinajstić information content (AvgIpc) is 2.21. The molecule has 0 saturated heterocycles. The molecule has 0 heterocycles. The molecule has 0 fully saturated rings. The summed E-state index contributed by atoms with van der Waals surface area (Å²) in [4.78, 5) is 6.61. The van der Waals surface area contributed by atoms with Gasteiger partial charge in [0.1, 0.15) is 5.82 Å². The average molecular weight is 282 g/mol. The summed E-state index contributed by atoms with van der Waals surface area (Å²) in [5.74, 6) is -0.483. The highest BCUT2D eigenvalue weighted by molar-refractivity contribution is 7.89. The van der Waals surface area contributed by atoms with Gasteiger partial charge in [-0.15, -0.1) is 0 Å². The van der Waals surface area contributed by atoms with E-state index in [1.165, 1.54) is 0 Å². The summed E-state index contributed by atoms with van der Waals surface area (Å²) >= 11 is 5.50. The van der Waals surface area contributed by atoms with Gasteiger partial charge in [-0.05, 0) is 24.1 Å². The van der Waals surface area contributed by atoms with Gasteiger partial charge >= 0.3 is 0 Å². The van der Waals surface area contributed by atoms with E-state index in [0.29, 0.717) is 0 Å². The van der Waals surface area contributed by atoms with Crippen LogP contribution in [0.3, 0.4) is 0 Å². The fourth-order valence-corrected chi connectivity index (χ4v) is 2.06. The van der Waals surface area contributed by atoms with Gasteiger partial charge < -0.3 is 0 Å². The van der Waals surface area contributed by atoms with Gasteiger partial charge in [-0.25, -0.2) is 12.8 Å². The minimum absolute atomic E-state index is 0.146. The van der Waals surface area contributed by atoms with Gasteiger partial charge in [-0.2, -0.15) is 0 Å². The van der Waals surface area contributed by atoms with Crippen LogP contribution in [0.15, 0.2) is 23.1 Å². The first-order valence-corrected chi connectivity index (χ1v) is 6.77. The van der Waals surface area contributed by atoms with Crippen molar-refractivity contribution in [1.82, 2.24) is 4.89 Å². The number of hydrogen-bond acceptors (Lipinski definition) is 3. The highest BCUT2D eigenvalue weighted by Crippen LogP contribution is 2.19. The Morgan fingerprint density at radius 1 is 1.47 bits per heavy atom. The van der Waals surface area contributed by atoms with Gasteiger partial charge in [0, 0.05) is 0 Å². The topological polar surface area (TPSA) is 55.4 Å². The molecule has 0 radical (unpaired) electrons. The van der Waals surface area contributed by atoms with Crippen molar-refractivity contribution in [2.24, 2.45) is 5.92 Å². The molecule has 4 nitrogen and oxygen atoms in total. The predicted molar refractivity (Wildman–Crippen MR) is 62.5 cm³/mol. The molecule has 0 aliphatic carbocycles. The van der Waals surface area contributed by atoms with Crippen LogP contribution in [0.25, 0.3) is 0 Å². The van der Waals surface area contributed by atoms with Crippen LogP contribution in [0.2, 0.25) is 5.02 Å². The molecule has 96 valence electrons. The summed E-state index contributed by atoms with van der Waals surface area (Å²) in [6, 6.07) is 3.12. The van der Waals surface area contributed by atoms with Crippen molar-refractivity contribution >= 4 is 21.6 Å². The van der Waals surface area contributed by atoms with E-state index in [1.807, 2.05) is 18.7 Å². The molecule has 0 aliphatic heterocycles. The normalized spacial score (nSPS) is 12.1. The molecule has 1 aromatic carbocycles. The van der Waals surface area contributed by atoms with E-state index in [0.717, 1.165) is 18.2 Å². The van der Waals surface area contributed by atoms with E-state index in [9.17, 15) is 12.8 Å². The summed E-state index contributed by atoms with van der Waals surface area (Å²) in [6.45, 7) is 4.00. The van der Waals surface area contributed by atoms with Crippen LogP contribution in [0, 0.1) is 11.7 Å². The second-order valence-electron chi connectivity index (χ2n) is 3.87. The molecule has 1 N–H and O–H groups in total. The zero-order valence-corrected chi connectivity index (χ0v) is 11.0. The Bertz CT molecular complexity index is 490. The maximum Gasteiger partial charge on any atom is 0.262 e. The van der Waals surface area contributed by atoms with Crippen molar-refractivity contribution in [1.29, 1.82) is 0 Å². The number of nitrogens with one attached hydrogen (secondary N) is 1. The summed E-state index contributed by atoms with van der Waals surface area (Å²) < 4.78 is 36.2. The minimum atomic E-state index is -3.82. The van der Waals surface area contributed by atoms with Crippen molar-refractivity contribution in [2.75, 3.05) is 6.61 Å². The summed E-state index contributed by atoms with van der Waals surface area (Å²) in [5, 5.41) is -0.253. The molecule has 1 rings (SSSR count). The maximum absolute atomic E-state index is 12.9. The predicted octanol–water partition coefficient (Wildman–Crippen LogP) is 2.35. The van der Waals surface area contributed by atoms with E-state index in [1.54, 1.807) is 0 Å². The molecule has 0 saturated carbocycles. The minimum Gasteiger partial charge on any atom is -0.287 e. The van der Waals surface area contributed by atoms with E-state index < -0.39 is 15.8 Å². The standard InChI is InChI=1S/C10H13ClFNO3S/c1-7(2)6-16-13-17(14,15)8-3-4-10(12)9(11)5-8/h3-5,7,13H,6H2,1-2H3. The quantitative estimate of drug-likeness (QED) is 0.843. The molecule has 17 heavy (non-hydrogen) atoms. The largest absolute Gasteiger partial charge is 0.287 e. The third kappa shape index (κ3) is 4.23. The van der Waals surface area contributed by atoms with Crippen molar-refractivity contribution in [3.8, 4) is 0 Å². The van der Waals surface area contributed by atoms with Crippen LogP contribution in [-0.4, -0.2) is 15.0 Å². The van der Waals surface area contributed by atoms with Crippen LogP contribution in [0.1, 0.15) is 13.8 Å². The molecule has 0 spiro atoms. The molecule has 0 bridgehead atoms. The lowest BCUT2D eigenvalue weighted by Crippen LogP contribution is -2.25. The Labute approximate surface area is 105 Å². The lowest BCUT2D eigenvalue weighted by molar-refractivity contribution is 0.0718. The van der Waals surface area contributed by atoms with E-state index in [2.05, 4.69) is 0 Å². The summed E-state index contributed by atoms with van der Waals surface area (Å²) in [6.07, 6.45) is 0. The molecule has 7 heteroatoms. The van der Waals surface area contributed by atoms with Crippen molar-refractivity contribution in [2.45, 2.75) is 18.7 Å². The number of benzene rings is 1. The van der Waals surface area contributed by atoms with Crippen molar-refractivity contribution in [3.05, 3.63) is 29.0 Å². The highest BCUT2D eigenvalue weighted by Gasteiger charge is 2.16. The molecule has 1 aromatic rings. The highest BCUT2D eigenvalue weighted by atomic mass is 35.5. The third-order valence-corrected chi connectivity index (χ3v) is 3.29. The number of halogens is 2. The number of sulfonamides is 1. The molecule has 0 unspecified atom stereocenters. The van der Waals surface area contributed by atoms with Gasteiger partial charge in [0.2, 0.25) is 0 Å². The first-order chi connectivity index (χ1) is 7.83. The van der Waals surface area contributed by atoms with E-state index >= 15 is 0 Å². The molecular weight excluding hydrogens is 269 g/mol. The van der Waals surface area contributed by atoms with E-state index in [4.69, 9.17) is 16.4 Å². The van der Waals surface area contributed by atoms with Crippen LogP contribution >= 0.6 is 11.6 Å². The van der Waals surface area contributed by atoms with Crippen LogP contribution in [0.4, 0.5) is 4.39 Å². The maximum atomic E-state index is 12.9. The van der Waals surface area contributed by atoms with Crippen LogP contribution in [0.5, 0.6) is 0 Å². The third-order valence-electron chi connectivity index (χ3n) is 1.79. The van der Waals surface area contributed by atoms with Crippen LogP contribution < -0.4 is 4.89 Å². The van der Waals surface area contributed by atoms with E-state index in [-0.39, 0.29) is 22.4 Å². The fourth-order valence-electron chi connectivity index (χ4n) is 0.970. The Balaban J connectivity index is 2.79. The van der Waals surface area contributed by atoms with Gasteiger partial charge in [-0.3, -0.25) is 4.84 Å². The smallest absolute Gasteiger partial charge is 0.262 e. The Morgan fingerprint density at radius 2 is 2.12 bits per heavy atom. The fraction of sp³-hybridized carbons (Fsp3) is 0.400. The molecule has 0 aromatic heterocycles. The van der Waals surface area contributed by atoms with Gasteiger partial charge in [0.25, 0.3) is 10.0 Å². The van der Waals surface area contributed by atoms with Gasteiger partial charge in [-0.1, -0.05) is 30.3 Å². The van der Waals surface area contributed by atoms with Crippen LogP contribution in [-0.2, 0) is 14.9 Å². The first-order valence-electron chi connectivity index (χ1n) is 4.91. The molecule has 0 atom stereocenters. The second kappa shape index (κ2) is 5.77. The first kappa shape index (κ1) is 14.4. The lowest BCUT2D eigenvalue weighted by atomic mass is 10.2. The molecule has 0 aliphatic rings.